The highest BCUT2D eigenvalue weighted by Crippen LogP contribution is 2.46. The summed E-state index contributed by atoms with van der Waals surface area (Å²) < 4.78 is 19.8. The molecular formula is C17H25FN2O. The molecule has 2 aliphatic rings. The molecular weight excluding hydrogens is 267 g/mol. The zero-order valence-electron chi connectivity index (χ0n) is 13.3. The summed E-state index contributed by atoms with van der Waals surface area (Å²) >= 11 is 0. The lowest BCUT2D eigenvalue weighted by Gasteiger charge is -2.40. The lowest BCUT2D eigenvalue weighted by molar-refractivity contribution is 0.0938. The molecule has 2 aliphatic heterocycles. The summed E-state index contributed by atoms with van der Waals surface area (Å²) in [4.78, 5) is 2.45. The predicted molar refractivity (Wildman–Crippen MR) is 82.0 cm³/mol. The molecule has 0 amide bonds. The first-order valence-corrected chi connectivity index (χ1v) is 7.76. The standard InChI is InChI=1S/C17H25FN2O/c1-11(16-14(18)6-5-7-15(16)21-4)20-10-12-8-19-9-13(12)17(20,2)3/h5-7,11-13,19H,8-10H2,1-4H3. The van der Waals surface area contributed by atoms with E-state index >= 15 is 0 Å². The Bertz CT molecular complexity index is 532. The second kappa shape index (κ2) is 5.25. The Morgan fingerprint density at radius 2 is 2.14 bits per heavy atom. The van der Waals surface area contributed by atoms with E-state index in [4.69, 9.17) is 4.74 Å². The Balaban J connectivity index is 1.94. The van der Waals surface area contributed by atoms with E-state index in [9.17, 15) is 4.39 Å². The quantitative estimate of drug-likeness (QED) is 0.927. The molecule has 2 saturated heterocycles. The summed E-state index contributed by atoms with van der Waals surface area (Å²) in [5, 5.41) is 3.49. The number of hydrogen-bond donors (Lipinski definition) is 1. The Kier molecular flexibility index (Phi) is 3.70. The van der Waals surface area contributed by atoms with Gasteiger partial charge in [0.25, 0.3) is 0 Å². The van der Waals surface area contributed by atoms with Gasteiger partial charge in [0.05, 0.1) is 7.11 Å². The van der Waals surface area contributed by atoms with Crippen LogP contribution in [-0.2, 0) is 0 Å². The molecule has 0 bridgehead atoms. The van der Waals surface area contributed by atoms with Crippen molar-refractivity contribution in [1.82, 2.24) is 10.2 Å². The van der Waals surface area contributed by atoms with E-state index in [0.717, 1.165) is 19.6 Å². The summed E-state index contributed by atoms with van der Waals surface area (Å²) in [5.74, 6) is 1.78. The van der Waals surface area contributed by atoms with Crippen LogP contribution in [0, 0.1) is 17.7 Å². The van der Waals surface area contributed by atoms with Gasteiger partial charge in [0, 0.05) is 30.2 Å². The van der Waals surface area contributed by atoms with Crippen LogP contribution in [0.3, 0.4) is 0 Å². The fourth-order valence-corrected chi connectivity index (χ4v) is 4.37. The van der Waals surface area contributed by atoms with E-state index in [1.54, 1.807) is 13.2 Å². The zero-order chi connectivity index (χ0) is 15.2. The van der Waals surface area contributed by atoms with Crippen LogP contribution < -0.4 is 10.1 Å². The van der Waals surface area contributed by atoms with Crippen molar-refractivity contribution in [1.29, 1.82) is 0 Å². The average Bonchev–Trinajstić information content (AvgIpc) is 3.00. The first-order chi connectivity index (χ1) is 9.96. The van der Waals surface area contributed by atoms with E-state index in [0.29, 0.717) is 23.1 Å². The molecule has 3 atom stereocenters. The van der Waals surface area contributed by atoms with Gasteiger partial charge >= 0.3 is 0 Å². The third-order valence-corrected chi connectivity index (χ3v) is 5.54. The predicted octanol–water partition coefficient (Wildman–Crippen LogP) is 2.83. The smallest absolute Gasteiger partial charge is 0.131 e. The summed E-state index contributed by atoms with van der Waals surface area (Å²) in [5.41, 5.74) is 0.752. The third kappa shape index (κ3) is 2.25. The van der Waals surface area contributed by atoms with Crippen LogP contribution in [0.25, 0.3) is 0 Å². The van der Waals surface area contributed by atoms with Crippen molar-refractivity contribution >= 4 is 0 Å². The van der Waals surface area contributed by atoms with E-state index < -0.39 is 0 Å². The molecule has 4 heteroatoms. The highest BCUT2D eigenvalue weighted by atomic mass is 19.1. The number of fused-ring (bicyclic) bond motifs is 1. The van der Waals surface area contributed by atoms with Crippen LogP contribution in [0.15, 0.2) is 18.2 Å². The van der Waals surface area contributed by atoms with E-state index in [1.165, 1.54) is 6.07 Å². The zero-order valence-corrected chi connectivity index (χ0v) is 13.3. The maximum atomic E-state index is 14.4. The number of ether oxygens (including phenoxy) is 1. The first kappa shape index (κ1) is 14.8. The highest BCUT2D eigenvalue weighted by molar-refractivity contribution is 5.37. The molecule has 0 spiro atoms. The third-order valence-electron chi connectivity index (χ3n) is 5.54. The lowest BCUT2D eigenvalue weighted by Crippen LogP contribution is -2.45. The van der Waals surface area contributed by atoms with Crippen molar-refractivity contribution in [3.8, 4) is 5.75 Å². The second-order valence-electron chi connectivity index (χ2n) is 6.86. The Hall–Kier alpha value is -1.13. The number of likely N-dealkylation sites (tertiary alicyclic amines) is 1. The minimum absolute atomic E-state index is 0.0155. The number of nitrogens with one attached hydrogen (secondary N) is 1. The van der Waals surface area contributed by atoms with Crippen LogP contribution >= 0.6 is 0 Å². The molecule has 0 radical (unpaired) electrons. The van der Waals surface area contributed by atoms with Crippen molar-refractivity contribution in [3.63, 3.8) is 0 Å². The van der Waals surface area contributed by atoms with Crippen molar-refractivity contribution in [3.05, 3.63) is 29.6 Å². The number of hydrogen-bond acceptors (Lipinski definition) is 3. The van der Waals surface area contributed by atoms with Crippen LogP contribution in [0.1, 0.15) is 32.4 Å². The van der Waals surface area contributed by atoms with Crippen molar-refractivity contribution in [2.24, 2.45) is 11.8 Å². The van der Waals surface area contributed by atoms with Crippen LogP contribution in [0.2, 0.25) is 0 Å². The van der Waals surface area contributed by atoms with Crippen molar-refractivity contribution in [2.45, 2.75) is 32.4 Å². The van der Waals surface area contributed by atoms with Gasteiger partial charge in [-0.25, -0.2) is 4.39 Å². The fourth-order valence-electron chi connectivity index (χ4n) is 4.37. The van der Waals surface area contributed by atoms with Crippen LogP contribution in [0.4, 0.5) is 4.39 Å². The molecule has 0 saturated carbocycles. The number of methoxy groups -OCH3 is 1. The first-order valence-electron chi connectivity index (χ1n) is 7.76. The fraction of sp³-hybridized carbons (Fsp3) is 0.647. The number of nitrogens with zero attached hydrogens (tertiary/aromatic N) is 1. The Morgan fingerprint density at radius 3 is 2.81 bits per heavy atom. The minimum atomic E-state index is -0.173. The average molecular weight is 292 g/mol. The number of benzene rings is 1. The molecule has 1 aromatic carbocycles. The molecule has 0 aromatic heterocycles. The molecule has 1 N–H and O–H groups in total. The SMILES string of the molecule is COc1cccc(F)c1C(C)N1CC2CNCC2C1(C)C. The highest BCUT2D eigenvalue weighted by Gasteiger charge is 2.51. The van der Waals surface area contributed by atoms with Crippen LogP contribution in [-0.4, -0.2) is 37.2 Å². The van der Waals surface area contributed by atoms with Gasteiger partial charge in [-0.15, -0.1) is 0 Å². The molecule has 21 heavy (non-hydrogen) atoms. The molecule has 2 fully saturated rings. The second-order valence-corrected chi connectivity index (χ2v) is 6.86. The monoisotopic (exact) mass is 292 g/mol. The maximum absolute atomic E-state index is 14.4. The maximum Gasteiger partial charge on any atom is 0.131 e. The van der Waals surface area contributed by atoms with Gasteiger partial charge in [0.2, 0.25) is 0 Å². The largest absolute Gasteiger partial charge is 0.496 e. The summed E-state index contributed by atoms with van der Waals surface area (Å²) in [7, 11) is 1.61. The molecule has 2 heterocycles. The molecule has 3 unspecified atom stereocenters. The van der Waals surface area contributed by atoms with Gasteiger partial charge in [-0.05, 0) is 51.3 Å². The van der Waals surface area contributed by atoms with Crippen molar-refractivity contribution in [2.75, 3.05) is 26.7 Å². The Labute approximate surface area is 126 Å². The molecule has 0 aliphatic carbocycles. The summed E-state index contributed by atoms with van der Waals surface area (Å²) in [6.07, 6.45) is 0. The normalized spacial score (nSPS) is 29.4. The van der Waals surface area contributed by atoms with Gasteiger partial charge in [0.15, 0.2) is 0 Å². The van der Waals surface area contributed by atoms with Gasteiger partial charge in [0.1, 0.15) is 11.6 Å². The topological polar surface area (TPSA) is 24.5 Å². The molecule has 3 rings (SSSR count). The molecule has 1 aromatic rings. The summed E-state index contributed by atoms with van der Waals surface area (Å²) in [6.45, 7) is 9.82. The number of rotatable bonds is 3. The molecule has 3 nitrogen and oxygen atoms in total. The van der Waals surface area contributed by atoms with Gasteiger partial charge in [-0.1, -0.05) is 6.07 Å². The number of halogens is 1. The van der Waals surface area contributed by atoms with Crippen molar-refractivity contribution < 1.29 is 9.13 Å². The van der Waals surface area contributed by atoms with E-state index in [2.05, 4.69) is 31.0 Å². The van der Waals surface area contributed by atoms with Crippen LogP contribution in [0.5, 0.6) is 5.75 Å². The minimum Gasteiger partial charge on any atom is -0.496 e. The van der Waals surface area contributed by atoms with Gasteiger partial charge in [-0.2, -0.15) is 0 Å². The lowest BCUT2D eigenvalue weighted by atomic mass is 9.84. The molecule has 116 valence electrons. The van der Waals surface area contributed by atoms with Gasteiger partial charge < -0.3 is 10.1 Å². The van der Waals surface area contributed by atoms with Gasteiger partial charge in [-0.3, -0.25) is 4.90 Å². The van der Waals surface area contributed by atoms with E-state index in [-0.39, 0.29) is 17.4 Å². The Morgan fingerprint density at radius 1 is 1.38 bits per heavy atom. The van der Waals surface area contributed by atoms with E-state index in [1.807, 2.05) is 6.07 Å². The summed E-state index contributed by atoms with van der Waals surface area (Å²) in [6, 6.07) is 5.10.